The summed E-state index contributed by atoms with van der Waals surface area (Å²) in [5.74, 6) is 0.562. The van der Waals surface area contributed by atoms with Gasteiger partial charge in [-0.05, 0) is 24.5 Å². The Bertz CT molecular complexity index is 528. The lowest BCUT2D eigenvalue weighted by Gasteiger charge is -2.17. The zero-order valence-corrected chi connectivity index (χ0v) is 11.5. The molecule has 1 unspecified atom stereocenters. The molecule has 0 aliphatic rings. The first-order chi connectivity index (χ1) is 9.19. The summed E-state index contributed by atoms with van der Waals surface area (Å²) >= 11 is 0. The monoisotopic (exact) mass is 259 g/mol. The number of para-hydroxylation sites is 2. The molecule has 0 saturated heterocycles. The summed E-state index contributed by atoms with van der Waals surface area (Å²) in [5, 5.41) is 12.7. The van der Waals surface area contributed by atoms with E-state index in [4.69, 9.17) is 0 Å². The summed E-state index contributed by atoms with van der Waals surface area (Å²) in [7, 11) is 0. The van der Waals surface area contributed by atoms with Crippen LogP contribution in [0.5, 0.6) is 0 Å². The average molecular weight is 259 g/mol. The Morgan fingerprint density at radius 1 is 1.21 bits per heavy atom. The molecule has 2 rings (SSSR count). The minimum absolute atomic E-state index is 0.119. The number of aliphatic hydroxyl groups is 1. The maximum absolute atomic E-state index is 9.33. The van der Waals surface area contributed by atoms with Crippen molar-refractivity contribution >= 4 is 11.0 Å². The second-order valence-corrected chi connectivity index (χ2v) is 5.24. The van der Waals surface area contributed by atoms with Crippen LogP contribution in [0.3, 0.4) is 0 Å². The molecule has 2 N–H and O–H groups in total. The molecular weight excluding hydrogens is 238 g/mol. The molecule has 0 spiro atoms. The fourth-order valence-electron chi connectivity index (χ4n) is 2.12. The molecule has 0 fully saturated rings. The second kappa shape index (κ2) is 6.59. The van der Waals surface area contributed by atoms with Gasteiger partial charge in [0.25, 0.3) is 0 Å². The molecule has 1 heterocycles. The maximum Gasteiger partial charge on any atom is 0.0890 e. The van der Waals surface area contributed by atoms with E-state index >= 15 is 0 Å². The minimum atomic E-state index is 0.119. The zero-order chi connectivity index (χ0) is 13.7. The Kier molecular flexibility index (Phi) is 4.82. The van der Waals surface area contributed by atoms with Gasteiger partial charge in [-0.1, -0.05) is 26.0 Å². The van der Waals surface area contributed by atoms with Crippen molar-refractivity contribution in [3.8, 4) is 0 Å². The lowest BCUT2D eigenvalue weighted by Crippen LogP contribution is -2.33. The fourth-order valence-corrected chi connectivity index (χ4v) is 2.12. The van der Waals surface area contributed by atoms with Gasteiger partial charge < -0.3 is 10.4 Å². The highest BCUT2D eigenvalue weighted by Crippen LogP contribution is 2.09. The van der Waals surface area contributed by atoms with Gasteiger partial charge in [-0.3, -0.25) is 4.98 Å². The predicted molar refractivity (Wildman–Crippen MR) is 76.7 cm³/mol. The van der Waals surface area contributed by atoms with E-state index in [9.17, 15) is 5.11 Å². The number of aromatic nitrogens is 2. The molecular formula is C15H21N3O. The standard InChI is InChI=1S/C15H21N3O/c1-11(2)7-12(10-19)16-8-13-9-17-14-5-3-4-6-15(14)18-13/h3-6,9,11-12,16,19H,7-8,10H2,1-2H3. The molecule has 0 amide bonds. The smallest absolute Gasteiger partial charge is 0.0890 e. The van der Waals surface area contributed by atoms with Crippen molar-refractivity contribution in [3.05, 3.63) is 36.2 Å². The highest BCUT2D eigenvalue weighted by Gasteiger charge is 2.09. The van der Waals surface area contributed by atoms with E-state index in [0.29, 0.717) is 12.5 Å². The molecule has 0 saturated carbocycles. The summed E-state index contributed by atoms with van der Waals surface area (Å²) in [6.07, 6.45) is 2.75. The van der Waals surface area contributed by atoms with E-state index in [0.717, 1.165) is 23.1 Å². The highest BCUT2D eigenvalue weighted by atomic mass is 16.3. The van der Waals surface area contributed by atoms with Crippen molar-refractivity contribution in [1.29, 1.82) is 0 Å². The normalized spacial score (nSPS) is 13.1. The number of hydrogen-bond acceptors (Lipinski definition) is 4. The van der Waals surface area contributed by atoms with Gasteiger partial charge in [-0.25, -0.2) is 4.98 Å². The molecule has 0 bridgehead atoms. The van der Waals surface area contributed by atoms with Gasteiger partial charge in [-0.2, -0.15) is 0 Å². The van der Waals surface area contributed by atoms with Crippen molar-refractivity contribution in [2.24, 2.45) is 5.92 Å². The van der Waals surface area contributed by atoms with Gasteiger partial charge in [-0.15, -0.1) is 0 Å². The Hall–Kier alpha value is -1.52. The average Bonchev–Trinajstić information content (AvgIpc) is 2.42. The molecule has 0 aliphatic heterocycles. The molecule has 0 aliphatic carbocycles. The van der Waals surface area contributed by atoms with Gasteiger partial charge >= 0.3 is 0 Å². The molecule has 0 radical (unpaired) electrons. The molecule has 1 aromatic heterocycles. The van der Waals surface area contributed by atoms with E-state index in [2.05, 4.69) is 29.1 Å². The SMILES string of the molecule is CC(C)CC(CO)NCc1cnc2ccccc2n1. The number of hydrogen-bond donors (Lipinski definition) is 2. The molecule has 1 aromatic carbocycles. The maximum atomic E-state index is 9.33. The Morgan fingerprint density at radius 3 is 2.63 bits per heavy atom. The quantitative estimate of drug-likeness (QED) is 0.834. The molecule has 2 aromatic rings. The second-order valence-electron chi connectivity index (χ2n) is 5.24. The Balaban J connectivity index is 2.00. The van der Waals surface area contributed by atoms with Crippen LogP contribution in [-0.4, -0.2) is 27.7 Å². The Morgan fingerprint density at radius 2 is 1.95 bits per heavy atom. The van der Waals surface area contributed by atoms with E-state index in [1.165, 1.54) is 0 Å². The van der Waals surface area contributed by atoms with Crippen molar-refractivity contribution in [3.63, 3.8) is 0 Å². The van der Waals surface area contributed by atoms with Crippen LogP contribution in [0, 0.1) is 5.92 Å². The third-order valence-electron chi connectivity index (χ3n) is 3.05. The largest absolute Gasteiger partial charge is 0.395 e. The number of benzene rings is 1. The topological polar surface area (TPSA) is 58.0 Å². The van der Waals surface area contributed by atoms with Crippen LogP contribution in [0.15, 0.2) is 30.5 Å². The van der Waals surface area contributed by atoms with Crippen LogP contribution in [0.2, 0.25) is 0 Å². The van der Waals surface area contributed by atoms with Crippen LogP contribution in [-0.2, 0) is 6.54 Å². The van der Waals surface area contributed by atoms with Crippen LogP contribution in [0.25, 0.3) is 11.0 Å². The van der Waals surface area contributed by atoms with Crippen LogP contribution < -0.4 is 5.32 Å². The van der Waals surface area contributed by atoms with Gasteiger partial charge in [0, 0.05) is 12.6 Å². The zero-order valence-electron chi connectivity index (χ0n) is 11.5. The highest BCUT2D eigenvalue weighted by molar-refractivity contribution is 5.73. The number of nitrogens with one attached hydrogen (secondary N) is 1. The molecule has 4 nitrogen and oxygen atoms in total. The number of rotatable bonds is 6. The molecule has 1 atom stereocenters. The fraction of sp³-hybridized carbons (Fsp3) is 0.467. The van der Waals surface area contributed by atoms with E-state index < -0.39 is 0 Å². The number of nitrogens with zero attached hydrogens (tertiary/aromatic N) is 2. The van der Waals surface area contributed by atoms with Crippen LogP contribution in [0.4, 0.5) is 0 Å². The number of fused-ring (bicyclic) bond motifs is 1. The van der Waals surface area contributed by atoms with E-state index in [1.807, 2.05) is 24.3 Å². The van der Waals surface area contributed by atoms with Gasteiger partial charge in [0.1, 0.15) is 0 Å². The lowest BCUT2D eigenvalue weighted by atomic mass is 10.0. The predicted octanol–water partition coefficient (Wildman–Crippen LogP) is 2.13. The summed E-state index contributed by atoms with van der Waals surface area (Å²) in [6.45, 7) is 5.09. The van der Waals surface area contributed by atoms with Crippen LogP contribution >= 0.6 is 0 Å². The van der Waals surface area contributed by atoms with Gasteiger partial charge in [0.15, 0.2) is 0 Å². The first-order valence-electron chi connectivity index (χ1n) is 6.74. The van der Waals surface area contributed by atoms with Gasteiger partial charge in [0.05, 0.1) is 29.5 Å². The third kappa shape index (κ3) is 3.98. The van der Waals surface area contributed by atoms with Crippen molar-refractivity contribution in [2.75, 3.05) is 6.61 Å². The first-order valence-corrected chi connectivity index (χ1v) is 6.74. The summed E-state index contributed by atoms with van der Waals surface area (Å²) < 4.78 is 0. The molecule has 102 valence electrons. The lowest BCUT2D eigenvalue weighted by molar-refractivity contribution is 0.223. The van der Waals surface area contributed by atoms with E-state index in [-0.39, 0.29) is 12.6 Å². The van der Waals surface area contributed by atoms with Crippen molar-refractivity contribution in [2.45, 2.75) is 32.9 Å². The van der Waals surface area contributed by atoms with Crippen molar-refractivity contribution < 1.29 is 5.11 Å². The van der Waals surface area contributed by atoms with Crippen LogP contribution in [0.1, 0.15) is 26.0 Å². The summed E-state index contributed by atoms with van der Waals surface area (Å²) in [6, 6.07) is 7.95. The Labute approximate surface area is 113 Å². The molecule has 4 heteroatoms. The van der Waals surface area contributed by atoms with Gasteiger partial charge in [0.2, 0.25) is 0 Å². The van der Waals surface area contributed by atoms with Crippen molar-refractivity contribution in [1.82, 2.24) is 15.3 Å². The summed E-state index contributed by atoms with van der Waals surface area (Å²) in [5.41, 5.74) is 2.72. The van der Waals surface area contributed by atoms with E-state index in [1.54, 1.807) is 6.20 Å². The number of aliphatic hydroxyl groups excluding tert-OH is 1. The minimum Gasteiger partial charge on any atom is -0.395 e. The third-order valence-corrected chi connectivity index (χ3v) is 3.05. The first kappa shape index (κ1) is 13.9. The summed E-state index contributed by atoms with van der Waals surface area (Å²) in [4.78, 5) is 8.93. The molecule has 19 heavy (non-hydrogen) atoms.